The molecule has 2 aromatic rings. The number of benzene rings is 2. The number of anilines is 1. The lowest BCUT2D eigenvalue weighted by Gasteiger charge is -2.06. The molecule has 0 radical (unpaired) electrons. The summed E-state index contributed by atoms with van der Waals surface area (Å²) < 4.78 is 5.23. The molecule has 0 saturated carbocycles. The molecule has 2 aromatic carbocycles. The Morgan fingerprint density at radius 3 is 2.40 bits per heavy atom. The number of carbonyl (C=O) groups excluding carboxylic acids is 1. The first kappa shape index (κ1) is 14.1. The highest BCUT2D eigenvalue weighted by Crippen LogP contribution is 2.20. The predicted octanol–water partition coefficient (Wildman–Crippen LogP) is 3.59. The van der Waals surface area contributed by atoms with Crippen molar-refractivity contribution in [1.29, 1.82) is 0 Å². The molecule has 2 N–H and O–H groups in total. The summed E-state index contributed by atoms with van der Waals surface area (Å²) in [5, 5.41) is 0. The molecule has 0 saturated heterocycles. The van der Waals surface area contributed by atoms with E-state index in [1.807, 2.05) is 24.3 Å². The average Bonchev–Trinajstić information content (AvgIpc) is 2.47. The Morgan fingerprint density at radius 1 is 0.950 bits per heavy atom. The van der Waals surface area contributed by atoms with Crippen LogP contribution in [0.25, 0.3) is 0 Å². The van der Waals surface area contributed by atoms with E-state index in [-0.39, 0.29) is 5.97 Å². The van der Waals surface area contributed by atoms with Gasteiger partial charge in [-0.15, -0.1) is 0 Å². The zero-order chi connectivity index (χ0) is 14.2. The molecule has 104 valence electrons. The highest BCUT2D eigenvalue weighted by Gasteiger charge is 2.06. The zero-order valence-electron chi connectivity index (χ0n) is 11.4. The molecule has 20 heavy (non-hydrogen) atoms. The minimum Gasteiger partial charge on any atom is -0.424 e. The van der Waals surface area contributed by atoms with Crippen molar-refractivity contribution in [2.24, 2.45) is 0 Å². The molecule has 2 rings (SSSR count). The molecule has 0 aliphatic heterocycles. The Bertz CT molecular complexity index is 552. The lowest BCUT2D eigenvalue weighted by atomic mass is 10.1. The topological polar surface area (TPSA) is 52.3 Å². The number of hydrogen-bond acceptors (Lipinski definition) is 3. The van der Waals surface area contributed by atoms with Crippen LogP contribution in [0, 0.1) is 0 Å². The molecule has 0 aliphatic rings. The average molecular weight is 269 g/mol. The highest BCUT2D eigenvalue weighted by molar-refractivity contribution is 5.74. The smallest absolute Gasteiger partial charge is 0.311 e. The van der Waals surface area contributed by atoms with E-state index < -0.39 is 0 Å². The lowest BCUT2D eigenvalue weighted by molar-refractivity contribution is -0.134. The number of para-hydroxylation sites is 2. The van der Waals surface area contributed by atoms with Crippen LogP contribution >= 0.6 is 0 Å². The van der Waals surface area contributed by atoms with Gasteiger partial charge in [0.1, 0.15) is 0 Å². The summed E-state index contributed by atoms with van der Waals surface area (Å²) in [5.74, 6) is 0.219. The third-order valence-electron chi connectivity index (χ3n) is 3.08. The lowest BCUT2D eigenvalue weighted by Crippen LogP contribution is -2.09. The predicted molar refractivity (Wildman–Crippen MR) is 80.5 cm³/mol. The second-order valence-corrected chi connectivity index (χ2v) is 4.70. The van der Waals surface area contributed by atoms with Gasteiger partial charge in [-0.3, -0.25) is 4.79 Å². The standard InChI is InChI=1S/C17H19NO2/c18-15-11-5-6-12-16(15)20-17(19)13-7-4-10-14-8-2-1-3-9-14/h1-3,5-6,8-9,11-12H,4,7,10,13,18H2. The Hall–Kier alpha value is -2.29. The summed E-state index contributed by atoms with van der Waals surface area (Å²) in [6.07, 6.45) is 3.20. The van der Waals surface area contributed by atoms with E-state index in [1.165, 1.54) is 5.56 Å². The van der Waals surface area contributed by atoms with Crippen molar-refractivity contribution in [2.45, 2.75) is 25.7 Å². The monoisotopic (exact) mass is 269 g/mol. The largest absolute Gasteiger partial charge is 0.424 e. The first-order chi connectivity index (χ1) is 9.75. The maximum absolute atomic E-state index is 11.7. The first-order valence-electron chi connectivity index (χ1n) is 6.85. The van der Waals surface area contributed by atoms with Gasteiger partial charge >= 0.3 is 5.97 Å². The summed E-state index contributed by atoms with van der Waals surface area (Å²) in [6.45, 7) is 0. The Labute approximate surface area is 119 Å². The van der Waals surface area contributed by atoms with E-state index in [0.717, 1.165) is 19.3 Å². The molecular formula is C17H19NO2. The van der Waals surface area contributed by atoms with Crippen LogP contribution in [0.4, 0.5) is 5.69 Å². The number of rotatable bonds is 6. The number of esters is 1. The maximum atomic E-state index is 11.7. The third-order valence-corrected chi connectivity index (χ3v) is 3.08. The van der Waals surface area contributed by atoms with Crippen molar-refractivity contribution in [3.8, 4) is 5.75 Å². The van der Waals surface area contributed by atoms with Crippen molar-refractivity contribution >= 4 is 11.7 Å². The van der Waals surface area contributed by atoms with Crippen LogP contribution in [-0.2, 0) is 11.2 Å². The zero-order valence-corrected chi connectivity index (χ0v) is 11.4. The second-order valence-electron chi connectivity index (χ2n) is 4.70. The highest BCUT2D eigenvalue weighted by atomic mass is 16.5. The molecule has 3 heteroatoms. The van der Waals surface area contributed by atoms with E-state index in [9.17, 15) is 4.79 Å². The van der Waals surface area contributed by atoms with Crippen molar-refractivity contribution in [2.75, 3.05) is 5.73 Å². The van der Waals surface area contributed by atoms with Crippen LogP contribution in [-0.4, -0.2) is 5.97 Å². The number of ether oxygens (including phenoxy) is 1. The maximum Gasteiger partial charge on any atom is 0.311 e. The van der Waals surface area contributed by atoms with Crippen molar-refractivity contribution in [3.63, 3.8) is 0 Å². The number of carbonyl (C=O) groups is 1. The van der Waals surface area contributed by atoms with E-state index in [4.69, 9.17) is 10.5 Å². The summed E-state index contributed by atoms with van der Waals surface area (Å²) in [7, 11) is 0. The van der Waals surface area contributed by atoms with Crippen LogP contribution in [0.15, 0.2) is 54.6 Å². The number of hydrogen-bond donors (Lipinski definition) is 1. The number of nitrogens with two attached hydrogens (primary N) is 1. The van der Waals surface area contributed by atoms with Gasteiger partial charge in [0.25, 0.3) is 0 Å². The summed E-state index contributed by atoms with van der Waals surface area (Å²) >= 11 is 0. The van der Waals surface area contributed by atoms with Crippen LogP contribution in [0.3, 0.4) is 0 Å². The van der Waals surface area contributed by atoms with Crippen molar-refractivity contribution in [3.05, 3.63) is 60.2 Å². The molecule has 3 nitrogen and oxygen atoms in total. The third kappa shape index (κ3) is 4.43. The molecule has 0 amide bonds. The SMILES string of the molecule is Nc1ccccc1OC(=O)CCCCc1ccccc1. The fourth-order valence-corrected chi connectivity index (χ4v) is 1.99. The summed E-state index contributed by atoms with van der Waals surface area (Å²) in [5.41, 5.74) is 7.51. The molecule has 0 atom stereocenters. The minimum absolute atomic E-state index is 0.226. The normalized spacial score (nSPS) is 10.2. The van der Waals surface area contributed by atoms with E-state index in [2.05, 4.69) is 12.1 Å². The number of aryl methyl sites for hydroxylation is 1. The second kappa shape index (κ2) is 7.34. The van der Waals surface area contributed by atoms with Gasteiger partial charge in [0.15, 0.2) is 5.75 Å². The van der Waals surface area contributed by atoms with Crippen LogP contribution < -0.4 is 10.5 Å². The van der Waals surface area contributed by atoms with E-state index in [1.54, 1.807) is 18.2 Å². The molecule has 0 bridgehead atoms. The van der Waals surface area contributed by atoms with Gasteiger partial charge in [0, 0.05) is 6.42 Å². The fraction of sp³-hybridized carbons (Fsp3) is 0.235. The Kier molecular flexibility index (Phi) is 5.18. The molecule has 0 aliphatic carbocycles. The van der Waals surface area contributed by atoms with Crippen molar-refractivity contribution < 1.29 is 9.53 Å². The molecule has 0 aromatic heterocycles. The number of nitrogen functional groups attached to an aromatic ring is 1. The van der Waals surface area contributed by atoms with Crippen LogP contribution in [0.5, 0.6) is 5.75 Å². The molecular weight excluding hydrogens is 250 g/mol. The summed E-state index contributed by atoms with van der Waals surface area (Å²) in [4.78, 5) is 11.7. The van der Waals surface area contributed by atoms with Crippen molar-refractivity contribution in [1.82, 2.24) is 0 Å². The van der Waals surface area contributed by atoms with Gasteiger partial charge in [-0.2, -0.15) is 0 Å². The first-order valence-corrected chi connectivity index (χ1v) is 6.85. The van der Waals surface area contributed by atoms with Gasteiger partial charge < -0.3 is 10.5 Å². The molecule has 0 heterocycles. The minimum atomic E-state index is -0.226. The van der Waals surface area contributed by atoms with Gasteiger partial charge in [0.05, 0.1) is 5.69 Å². The van der Waals surface area contributed by atoms with Gasteiger partial charge in [-0.25, -0.2) is 0 Å². The quantitative estimate of drug-likeness (QED) is 0.377. The van der Waals surface area contributed by atoms with Crippen LogP contribution in [0.2, 0.25) is 0 Å². The molecule has 0 spiro atoms. The van der Waals surface area contributed by atoms with Gasteiger partial charge in [0.2, 0.25) is 0 Å². The molecule has 0 fully saturated rings. The van der Waals surface area contributed by atoms with E-state index >= 15 is 0 Å². The fourth-order valence-electron chi connectivity index (χ4n) is 1.99. The van der Waals surface area contributed by atoms with Gasteiger partial charge in [-0.05, 0) is 37.0 Å². The number of unbranched alkanes of at least 4 members (excludes halogenated alkanes) is 1. The Morgan fingerprint density at radius 2 is 1.65 bits per heavy atom. The molecule has 0 unspecified atom stereocenters. The van der Waals surface area contributed by atoms with E-state index in [0.29, 0.717) is 17.9 Å². The van der Waals surface area contributed by atoms with Crippen LogP contribution in [0.1, 0.15) is 24.8 Å². The summed E-state index contributed by atoms with van der Waals surface area (Å²) in [6, 6.07) is 17.3. The Balaban J connectivity index is 1.69. The van der Waals surface area contributed by atoms with Gasteiger partial charge in [-0.1, -0.05) is 42.5 Å².